The maximum absolute atomic E-state index is 14.7. The highest BCUT2D eigenvalue weighted by atomic mass is 19.4. The van der Waals surface area contributed by atoms with Crippen LogP contribution in [0, 0.1) is 24.4 Å². The van der Waals surface area contributed by atoms with Gasteiger partial charge in [-0.05, 0) is 48.1 Å². The van der Waals surface area contributed by atoms with Gasteiger partial charge in [-0.2, -0.15) is 13.2 Å². The third-order valence-electron chi connectivity index (χ3n) is 7.02. The second-order valence-corrected chi connectivity index (χ2v) is 9.61. The summed E-state index contributed by atoms with van der Waals surface area (Å²) in [6, 6.07) is 14.8. The molecule has 0 fully saturated rings. The summed E-state index contributed by atoms with van der Waals surface area (Å²) in [7, 11) is 1.44. The summed E-state index contributed by atoms with van der Waals surface area (Å²) in [4.78, 5) is 0. The molecule has 0 aromatic heterocycles. The Morgan fingerprint density at radius 2 is 1.51 bits per heavy atom. The standard InChI is InChI=1S/C31H24F6N2/c1-19-6-3-7-20(14-19)12-13-21-8-4-9-22(15-21)29-24-10-5-11-26(31(35,36)37)30(24)38(2)39(29)18-25-27(33)16-23(32)17-28(25)34/h1,3-11,14-17,30H,12-13,18H2,2H3. The molecule has 2 aliphatic rings. The topological polar surface area (TPSA) is 6.48 Å². The lowest BCUT2D eigenvalue weighted by atomic mass is 9.91. The minimum atomic E-state index is -4.62. The van der Waals surface area contributed by atoms with Crippen LogP contribution in [-0.2, 0) is 19.4 Å². The zero-order valence-electron chi connectivity index (χ0n) is 20.9. The number of likely N-dealkylation sites (N-methyl/N-ethyl adjacent to an activating group) is 1. The van der Waals surface area contributed by atoms with Gasteiger partial charge in [0.1, 0.15) is 17.5 Å². The number of halogens is 6. The van der Waals surface area contributed by atoms with E-state index in [1.54, 1.807) is 24.3 Å². The molecule has 0 N–H and O–H groups in total. The van der Waals surface area contributed by atoms with E-state index in [0.717, 1.165) is 17.2 Å². The van der Waals surface area contributed by atoms with Crippen LogP contribution in [0.4, 0.5) is 26.3 Å². The van der Waals surface area contributed by atoms with Crippen LogP contribution in [0.1, 0.15) is 27.8 Å². The SMILES string of the molecule is [CH]c1cccc(CCc2cccc(C3=C4C=CC=C(C(F)(F)F)C4N(C)N3Cc3c(F)cc(F)cc3F)c2)c1. The van der Waals surface area contributed by atoms with E-state index < -0.39 is 47.4 Å². The van der Waals surface area contributed by atoms with E-state index in [0.29, 0.717) is 47.4 Å². The molecule has 0 spiro atoms. The molecule has 1 atom stereocenters. The van der Waals surface area contributed by atoms with Crippen LogP contribution in [0.25, 0.3) is 5.70 Å². The van der Waals surface area contributed by atoms with Crippen LogP contribution in [0.3, 0.4) is 0 Å². The highest BCUT2D eigenvalue weighted by Gasteiger charge is 2.48. The number of alkyl halides is 3. The minimum absolute atomic E-state index is 0.350. The van der Waals surface area contributed by atoms with Crippen LogP contribution >= 0.6 is 0 Å². The molecule has 1 aliphatic heterocycles. The third-order valence-corrected chi connectivity index (χ3v) is 7.02. The zero-order valence-corrected chi connectivity index (χ0v) is 20.9. The van der Waals surface area contributed by atoms with Crippen LogP contribution in [0.5, 0.6) is 0 Å². The molecule has 0 saturated heterocycles. The quantitative estimate of drug-likeness (QED) is 0.301. The van der Waals surface area contributed by atoms with E-state index in [4.69, 9.17) is 6.92 Å². The Morgan fingerprint density at radius 3 is 2.15 bits per heavy atom. The van der Waals surface area contributed by atoms with E-state index in [1.807, 2.05) is 30.3 Å². The monoisotopic (exact) mass is 538 g/mol. The van der Waals surface area contributed by atoms with Gasteiger partial charge in [0.15, 0.2) is 0 Å². The molecule has 2 nitrogen and oxygen atoms in total. The van der Waals surface area contributed by atoms with Crippen molar-refractivity contribution in [2.24, 2.45) is 0 Å². The Kier molecular flexibility index (Phi) is 7.16. The van der Waals surface area contributed by atoms with Crippen molar-refractivity contribution in [3.05, 3.63) is 142 Å². The normalized spacial score (nSPS) is 17.6. The molecule has 2 radical (unpaired) electrons. The summed E-state index contributed by atoms with van der Waals surface area (Å²) in [5.41, 5.74) is 2.73. The number of hydrazine groups is 1. The largest absolute Gasteiger partial charge is 0.414 e. The Labute approximate surface area is 223 Å². The average Bonchev–Trinajstić information content (AvgIpc) is 3.16. The molecule has 5 rings (SSSR count). The van der Waals surface area contributed by atoms with E-state index >= 15 is 0 Å². The number of aryl methyl sites for hydroxylation is 2. The van der Waals surface area contributed by atoms with Crippen molar-refractivity contribution in [2.45, 2.75) is 31.6 Å². The third kappa shape index (κ3) is 5.39. The van der Waals surface area contributed by atoms with Gasteiger partial charge in [-0.3, -0.25) is 5.01 Å². The molecule has 1 aliphatic carbocycles. The van der Waals surface area contributed by atoms with Gasteiger partial charge in [0.05, 0.1) is 23.9 Å². The Bertz CT molecular complexity index is 1480. The Hall–Kier alpha value is -3.78. The minimum Gasteiger partial charge on any atom is -0.300 e. The fourth-order valence-electron chi connectivity index (χ4n) is 5.20. The van der Waals surface area contributed by atoms with Crippen molar-refractivity contribution in [1.29, 1.82) is 0 Å². The van der Waals surface area contributed by atoms with Crippen molar-refractivity contribution in [2.75, 3.05) is 7.05 Å². The smallest absolute Gasteiger partial charge is 0.300 e. The van der Waals surface area contributed by atoms with Crippen molar-refractivity contribution in [1.82, 2.24) is 10.0 Å². The summed E-state index contributed by atoms with van der Waals surface area (Å²) in [6.07, 6.45) is 0.634. The Balaban J connectivity index is 1.56. The number of benzene rings is 3. The molecule has 3 aromatic carbocycles. The van der Waals surface area contributed by atoms with E-state index in [2.05, 4.69) is 0 Å². The number of fused-ring (bicyclic) bond motifs is 1. The van der Waals surface area contributed by atoms with E-state index in [-0.39, 0.29) is 0 Å². The lowest BCUT2D eigenvalue weighted by Crippen LogP contribution is -2.43. The van der Waals surface area contributed by atoms with Crippen LogP contribution in [0.15, 0.2) is 90.0 Å². The fraction of sp³-hybridized carbons (Fsp3) is 0.194. The van der Waals surface area contributed by atoms with Gasteiger partial charge in [0.2, 0.25) is 0 Å². The first-order chi connectivity index (χ1) is 18.5. The van der Waals surface area contributed by atoms with Gasteiger partial charge in [-0.15, -0.1) is 0 Å². The molecule has 8 heteroatoms. The maximum Gasteiger partial charge on any atom is 0.414 e. The van der Waals surface area contributed by atoms with Gasteiger partial charge in [-0.25, -0.2) is 18.2 Å². The molecular formula is C31H24F6N2. The first kappa shape index (κ1) is 26.8. The highest BCUT2D eigenvalue weighted by Crippen LogP contribution is 2.45. The number of nitrogens with zero attached hydrogens (tertiary/aromatic N) is 2. The molecule has 0 amide bonds. The zero-order chi connectivity index (χ0) is 27.9. The molecular weight excluding hydrogens is 514 g/mol. The fourth-order valence-corrected chi connectivity index (χ4v) is 5.20. The summed E-state index contributed by atoms with van der Waals surface area (Å²) >= 11 is 0. The number of hydrogen-bond acceptors (Lipinski definition) is 2. The molecule has 39 heavy (non-hydrogen) atoms. The summed E-state index contributed by atoms with van der Waals surface area (Å²) in [5, 5.41) is 2.75. The molecule has 3 aromatic rings. The van der Waals surface area contributed by atoms with Crippen molar-refractivity contribution in [3.63, 3.8) is 0 Å². The highest BCUT2D eigenvalue weighted by molar-refractivity contribution is 5.75. The summed E-state index contributed by atoms with van der Waals surface area (Å²) in [5.74, 6) is -3.30. The predicted octanol–water partition coefficient (Wildman–Crippen LogP) is 7.45. The number of hydrogen-bond donors (Lipinski definition) is 0. The van der Waals surface area contributed by atoms with Gasteiger partial charge in [0, 0.05) is 30.3 Å². The average molecular weight is 539 g/mol. The van der Waals surface area contributed by atoms with Crippen molar-refractivity contribution in [3.8, 4) is 0 Å². The molecule has 0 bridgehead atoms. The van der Waals surface area contributed by atoms with Gasteiger partial charge >= 0.3 is 6.18 Å². The van der Waals surface area contributed by atoms with Crippen LogP contribution in [0.2, 0.25) is 0 Å². The van der Waals surface area contributed by atoms with Crippen molar-refractivity contribution < 1.29 is 26.3 Å². The van der Waals surface area contributed by atoms with Gasteiger partial charge in [-0.1, -0.05) is 60.7 Å². The van der Waals surface area contributed by atoms with Crippen LogP contribution < -0.4 is 0 Å². The van der Waals surface area contributed by atoms with Gasteiger partial charge < -0.3 is 0 Å². The lowest BCUT2D eigenvalue weighted by Gasteiger charge is -2.34. The number of rotatable bonds is 6. The van der Waals surface area contributed by atoms with E-state index in [1.165, 1.54) is 23.1 Å². The van der Waals surface area contributed by atoms with Crippen molar-refractivity contribution >= 4 is 5.70 Å². The second-order valence-electron chi connectivity index (χ2n) is 9.61. The summed E-state index contributed by atoms with van der Waals surface area (Å²) < 4.78 is 84.9. The second kappa shape index (κ2) is 10.4. The number of allylic oxidation sites excluding steroid dienone is 2. The molecule has 1 unspecified atom stereocenters. The lowest BCUT2D eigenvalue weighted by molar-refractivity contribution is -0.104. The summed E-state index contributed by atoms with van der Waals surface area (Å²) in [6.45, 7) is 5.44. The maximum atomic E-state index is 14.7. The first-order valence-electron chi connectivity index (χ1n) is 12.3. The molecule has 1 heterocycles. The van der Waals surface area contributed by atoms with Crippen LogP contribution in [-0.4, -0.2) is 29.3 Å². The predicted molar refractivity (Wildman–Crippen MR) is 137 cm³/mol. The molecule has 200 valence electrons. The Morgan fingerprint density at radius 1 is 0.872 bits per heavy atom. The van der Waals surface area contributed by atoms with E-state index in [9.17, 15) is 26.3 Å². The molecule has 0 saturated carbocycles. The van der Waals surface area contributed by atoms with Gasteiger partial charge in [0.25, 0.3) is 0 Å². The first-order valence-corrected chi connectivity index (χ1v) is 12.3.